The minimum absolute atomic E-state index is 0.297. The highest BCUT2D eigenvalue weighted by Gasteiger charge is 2.55. The van der Waals surface area contributed by atoms with E-state index in [9.17, 15) is 10.4 Å². The number of nitriles is 1. The van der Waals surface area contributed by atoms with Gasteiger partial charge < -0.3 is 5.11 Å². The van der Waals surface area contributed by atoms with Gasteiger partial charge >= 0.3 is 0 Å². The average Bonchev–Trinajstić information content (AvgIpc) is 2.48. The third-order valence-electron chi connectivity index (χ3n) is 5.91. The molecule has 21 heavy (non-hydrogen) atoms. The molecule has 1 saturated carbocycles. The number of nitrogens with zero attached hydrogens (tertiary/aromatic N) is 1. The molecule has 1 aromatic rings. The van der Waals surface area contributed by atoms with Crippen LogP contribution in [0.15, 0.2) is 24.3 Å². The first-order valence-corrected chi connectivity index (χ1v) is 8.15. The summed E-state index contributed by atoms with van der Waals surface area (Å²) in [6, 6.07) is 10.7. The number of rotatable bonds is 1. The first-order chi connectivity index (χ1) is 9.93. The molecular weight excluding hydrogens is 258 g/mol. The van der Waals surface area contributed by atoms with Gasteiger partial charge in [-0.05, 0) is 61.5 Å². The maximum Gasteiger partial charge on any atom is 0.108 e. The Morgan fingerprint density at radius 2 is 1.71 bits per heavy atom. The summed E-state index contributed by atoms with van der Waals surface area (Å²) in [5.74, 6) is 0. The van der Waals surface area contributed by atoms with E-state index < -0.39 is 11.0 Å². The molecule has 3 rings (SSSR count). The van der Waals surface area contributed by atoms with Crippen LogP contribution in [0.5, 0.6) is 0 Å². The molecule has 2 aliphatic carbocycles. The minimum Gasteiger partial charge on any atom is -0.383 e. The largest absolute Gasteiger partial charge is 0.383 e. The van der Waals surface area contributed by atoms with Crippen molar-refractivity contribution >= 4 is 0 Å². The molecule has 0 amide bonds. The van der Waals surface area contributed by atoms with Gasteiger partial charge in [0.05, 0.1) is 11.5 Å². The molecule has 2 heteroatoms. The number of aryl methyl sites for hydroxylation is 1. The fourth-order valence-electron chi connectivity index (χ4n) is 4.28. The Morgan fingerprint density at radius 3 is 2.38 bits per heavy atom. The van der Waals surface area contributed by atoms with Crippen molar-refractivity contribution in [3.8, 4) is 6.07 Å². The lowest BCUT2D eigenvalue weighted by Crippen LogP contribution is -2.50. The summed E-state index contributed by atoms with van der Waals surface area (Å²) < 4.78 is 0. The smallest absolute Gasteiger partial charge is 0.108 e. The highest BCUT2D eigenvalue weighted by atomic mass is 16.3. The highest BCUT2D eigenvalue weighted by Crippen LogP contribution is 2.57. The SMILES string of the molecule is CC1(C)CCC(C#N)(C2(O)CCCc3ccccc32)CC1. The fourth-order valence-corrected chi connectivity index (χ4v) is 4.28. The molecule has 1 fully saturated rings. The van der Waals surface area contributed by atoms with E-state index in [0.29, 0.717) is 5.41 Å². The molecule has 0 heterocycles. The third kappa shape index (κ3) is 2.19. The van der Waals surface area contributed by atoms with Crippen molar-refractivity contribution in [3.63, 3.8) is 0 Å². The highest BCUT2D eigenvalue weighted by molar-refractivity contribution is 5.38. The van der Waals surface area contributed by atoms with Gasteiger partial charge in [0, 0.05) is 0 Å². The number of benzene rings is 1. The normalized spacial score (nSPS) is 30.2. The second kappa shape index (κ2) is 4.85. The lowest BCUT2D eigenvalue weighted by molar-refractivity contribution is -0.103. The second-order valence-electron chi connectivity index (χ2n) is 7.73. The van der Waals surface area contributed by atoms with Crippen LogP contribution in [0.25, 0.3) is 0 Å². The van der Waals surface area contributed by atoms with Gasteiger partial charge in [-0.15, -0.1) is 0 Å². The second-order valence-corrected chi connectivity index (χ2v) is 7.73. The van der Waals surface area contributed by atoms with Crippen LogP contribution in [0, 0.1) is 22.2 Å². The van der Waals surface area contributed by atoms with Gasteiger partial charge in [-0.3, -0.25) is 0 Å². The first-order valence-electron chi connectivity index (χ1n) is 8.15. The Balaban J connectivity index is 2.04. The molecule has 1 atom stereocenters. The summed E-state index contributed by atoms with van der Waals surface area (Å²) in [7, 11) is 0. The molecule has 2 aliphatic rings. The van der Waals surface area contributed by atoms with Gasteiger partial charge in [0.25, 0.3) is 0 Å². The van der Waals surface area contributed by atoms with Crippen LogP contribution in [0.2, 0.25) is 0 Å². The molecule has 0 bridgehead atoms. The molecule has 1 N–H and O–H groups in total. The monoisotopic (exact) mass is 283 g/mol. The van der Waals surface area contributed by atoms with Gasteiger partial charge in [-0.1, -0.05) is 38.1 Å². The molecule has 0 saturated heterocycles. The van der Waals surface area contributed by atoms with Gasteiger partial charge in [-0.25, -0.2) is 0 Å². The van der Waals surface area contributed by atoms with E-state index >= 15 is 0 Å². The van der Waals surface area contributed by atoms with Crippen molar-refractivity contribution in [2.24, 2.45) is 10.8 Å². The van der Waals surface area contributed by atoms with E-state index in [0.717, 1.165) is 50.5 Å². The maximum absolute atomic E-state index is 11.5. The molecule has 1 unspecified atom stereocenters. The van der Waals surface area contributed by atoms with E-state index in [1.807, 2.05) is 18.2 Å². The van der Waals surface area contributed by atoms with Gasteiger partial charge in [0.1, 0.15) is 5.60 Å². The summed E-state index contributed by atoms with van der Waals surface area (Å²) >= 11 is 0. The predicted octanol–water partition coefficient (Wildman–Crippen LogP) is 4.32. The Labute approximate surface area is 127 Å². The number of aliphatic hydroxyl groups is 1. The molecular formula is C19H25NO. The van der Waals surface area contributed by atoms with Crippen molar-refractivity contribution in [2.45, 2.75) is 64.4 Å². The first kappa shape index (κ1) is 14.6. The average molecular weight is 283 g/mol. The van der Waals surface area contributed by atoms with Crippen LogP contribution in [-0.2, 0) is 12.0 Å². The standard InChI is InChI=1S/C19H25NO/c1-17(2)10-12-18(14-20,13-11-17)19(21)9-5-7-15-6-3-4-8-16(15)19/h3-4,6,8,21H,5,7,9-13H2,1-2H3. The molecule has 0 radical (unpaired) electrons. The molecule has 0 spiro atoms. The zero-order chi connectivity index (χ0) is 15.1. The number of fused-ring (bicyclic) bond motifs is 1. The van der Waals surface area contributed by atoms with E-state index in [4.69, 9.17) is 0 Å². The lowest BCUT2D eigenvalue weighted by Gasteiger charge is -2.50. The minimum atomic E-state index is -0.965. The van der Waals surface area contributed by atoms with E-state index in [-0.39, 0.29) is 0 Å². The topological polar surface area (TPSA) is 44.0 Å². The van der Waals surface area contributed by atoms with Crippen molar-refractivity contribution in [1.82, 2.24) is 0 Å². The quantitative estimate of drug-likeness (QED) is 0.834. The molecule has 0 aliphatic heterocycles. The summed E-state index contributed by atoms with van der Waals surface area (Å²) in [6.07, 6.45) is 6.36. The maximum atomic E-state index is 11.5. The van der Waals surface area contributed by atoms with Crippen molar-refractivity contribution < 1.29 is 5.11 Å². The van der Waals surface area contributed by atoms with E-state index in [1.54, 1.807) is 0 Å². The summed E-state index contributed by atoms with van der Waals surface area (Å²) in [4.78, 5) is 0. The van der Waals surface area contributed by atoms with Gasteiger partial charge in [-0.2, -0.15) is 5.26 Å². The van der Waals surface area contributed by atoms with Crippen molar-refractivity contribution in [3.05, 3.63) is 35.4 Å². The number of hydrogen-bond acceptors (Lipinski definition) is 2. The van der Waals surface area contributed by atoms with E-state index in [2.05, 4.69) is 26.0 Å². The van der Waals surface area contributed by atoms with Crippen molar-refractivity contribution in [1.29, 1.82) is 5.26 Å². The van der Waals surface area contributed by atoms with Crippen LogP contribution < -0.4 is 0 Å². The summed E-state index contributed by atoms with van der Waals surface area (Å²) in [5.41, 5.74) is 0.958. The molecule has 0 aromatic heterocycles. The Kier molecular flexibility index (Phi) is 3.37. The van der Waals surface area contributed by atoms with Crippen LogP contribution in [0.4, 0.5) is 0 Å². The van der Waals surface area contributed by atoms with E-state index in [1.165, 1.54) is 5.56 Å². The Morgan fingerprint density at radius 1 is 1.05 bits per heavy atom. The Bertz CT molecular complexity index is 573. The Hall–Kier alpha value is -1.33. The van der Waals surface area contributed by atoms with Crippen molar-refractivity contribution in [2.75, 3.05) is 0 Å². The molecule has 112 valence electrons. The predicted molar refractivity (Wildman–Crippen MR) is 83.6 cm³/mol. The van der Waals surface area contributed by atoms with Crippen LogP contribution in [0.1, 0.15) is 63.5 Å². The summed E-state index contributed by atoms with van der Waals surface area (Å²) in [6.45, 7) is 4.54. The number of hydrogen-bond donors (Lipinski definition) is 1. The van der Waals surface area contributed by atoms with Crippen LogP contribution in [0.3, 0.4) is 0 Å². The molecule has 1 aromatic carbocycles. The fraction of sp³-hybridized carbons (Fsp3) is 0.632. The van der Waals surface area contributed by atoms with Crippen LogP contribution >= 0.6 is 0 Å². The third-order valence-corrected chi connectivity index (χ3v) is 5.91. The van der Waals surface area contributed by atoms with Crippen LogP contribution in [-0.4, -0.2) is 5.11 Å². The zero-order valence-electron chi connectivity index (χ0n) is 13.2. The molecule has 2 nitrogen and oxygen atoms in total. The lowest BCUT2D eigenvalue weighted by atomic mass is 9.54. The van der Waals surface area contributed by atoms with Gasteiger partial charge in [0.2, 0.25) is 0 Å². The summed E-state index contributed by atoms with van der Waals surface area (Å²) in [5, 5.41) is 21.5. The van der Waals surface area contributed by atoms with Gasteiger partial charge in [0.15, 0.2) is 0 Å². The zero-order valence-corrected chi connectivity index (χ0v) is 13.2.